The van der Waals surface area contributed by atoms with Gasteiger partial charge in [-0.05, 0) is 30.7 Å². The van der Waals surface area contributed by atoms with E-state index in [1.54, 1.807) is 12.3 Å². The minimum Gasteiger partial charge on any atom is -0.381 e. The van der Waals surface area contributed by atoms with Crippen LogP contribution in [0.25, 0.3) is 0 Å². The Morgan fingerprint density at radius 2 is 1.89 bits per heavy atom. The summed E-state index contributed by atoms with van der Waals surface area (Å²) in [6.45, 7) is 3.20. The minimum atomic E-state index is -0.831. The van der Waals surface area contributed by atoms with E-state index >= 15 is 0 Å². The minimum absolute atomic E-state index is 0.423. The summed E-state index contributed by atoms with van der Waals surface area (Å²) in [4.78, 5) is 4.15. The van der Waals surface area contributed by atoms with E-state index in [4.69, 9.17) is 0 Å². The van der Waals surface area contributed by atoms with Gasteiger partial charge in [0.25, 0.3) is 0 Å². The van der Waals surface area contributed by atoms with Crippen LogP contribution >= 0.6 is 0 Å². The van der Waals surface area contributed by atoms with Crippen LogP contribution in [0.1, 0.15) is 12.5 Å². The molecule has 0 spiro atoms. The van der Waals surface area contributed by atoms with E-state index < -0.39 is 11.6 Å². The molecule has 2 aromatic rings. The lowest BCUT2D eigenvalue weighted by Gasteiger charge is -2.08. The van der Waals surface area contributed by atoms with Crippen LogP contribution in [0.5, 0.6) is 0 Å². The van der Waals surface area contributed by atoms with Crippen LogP contribution in [-0.4, -0.2) is 11.5 Å². The maximum atomic E-state index is 13.0. The lowest BCUT2D eigenvalue weighted by molar-refractivity contribution is 0.507. The summed E-state index contributed by atoms with van der Waals surface area (Å²) in [7, 11) is 0. The van der Waals surface area contributed by atoms with Crippen molar-refractivity contribution >= 4 is 11.5 Å². The molecule has 0 aliphatic heterocycles. The zero-order valence-electron chi connectivity index (χ0n) is 10.6. The molecular weight excluding hydrogens is 248 g/mol. The fourth-order valence-electron chi connectivity index (χ4n) is 1.67. The largest absolute Gasteiger partial charge is 0.381 e. The number of benzene rings is 1. The van der Waals surface area contributed by atoms with Crippen molar-refractivity contribution in [2.75, 3.05) is 17.2 Å². The molecule has 1 heterocycles. The molecule has 3 nitrogen and oxygen atoms in total. The summed E-state index contributed by atoms with van der Waals surface area (Å²) in [5.74, 6) is -0.887. The Morgan fingerprint density at radius 3 is 2.63 bits per heavy atom. The highest BCUT2D eigenvalue weighted by Crippen LogP contribution is 2.14. The number of pyridine rings is 1. The van der Waals surface area contributed by atoms with Crippen molar-refractivity contribution in [3.8, 4) is 0 Å². The van der Waals surface area contributed by atoms with Crippen LogP contribution in [0.15, 0.2) is 36.5 Å². The number of rotatable bonds is 5. The van der Waals surface area contributed by atoms with Crippen LogP contribution in [0.2, 0.25) is 0 Å². The lowest BCUT2D eigenvalue weighted by atomic mass is 10.2. The van der Waals surface area contributed by atoms with Crippen molar-refractivity contribution in [2.24, 2.45) is 0 Å². The normalized spacial score (nSPS) is 10.3. The Balaban J connectivity index is 2.01. The van der Waals surface area contributed by atoms with Gasteiger partial charge in [0, 0.05) is 31.0 Å². The number of hydrogen-bond acceptors (Lipinski definition) is 3. The van der Waals surface area contributed by atoms with Crippen LogP contribution in [-0.2, 0) is 6.54 Å². The summed E-state index contributed by atoms with van der Waals surface area (Å²) in [5, 5.41) is 6.24. The van der Waals surface area contributed by atoms with E-state index in [1.807, 2.05) is 19.1 Å². The average molecular weight is 263 g/mol. The summed E-state index contributed by atoms with van der Waals surface area (Å²) in [6, 6.07) is 7.56. The van der Waals surface area contributed by atoms with Crippen molar-refractivity contribution in [1.29, 1.82) is 0 Å². The van der Waals surface area contributed by atoms with Crippen LogP contribution in [0.4, 0.5) is 20.3 Å². The van der Waals surface area contributed by atoms with Gasteiger partial charge >= 0.3 is 0 Å². The molecule has 5 heteroatoms. The second kappa shape index (κ2) is 6.13. The summed E-state index contributed by atoms with van der Waals surface area (Å²) in [5.41, 5.74) is 1.55. The molecule has 0 saturated carbocycles. The Hall–Kier alpha value is -2.17. The maximum absolute atomic E-state index is 13.0. The number of anilines is 2. The topological polar surface area (TPSA) is 37.0 Å². The Kier molecular flexibility index (Phi) is 4.28. The number of nitrogens with one attached hydrogen (secondary N) is 2. The molecule has 0 radical (unpaired) electrons. The fraction of sp³-hybridized carbons (Fsp3) is 0.214. The third kappa shape index (κ3) is 3.64. The van der Waals surface area contributed by atoms with E-state index in [1.165, 1.54) is 6.07 Å². The van der Waals surface area contributed by atoms with Gasteiger partial charge in [0.1, 0.15) is 5.82 Å². The standard InChI is InChI=1S/C14H15F2N3/c1-2-17-14-8-11(5-6-18-14)19-9-10-3-4-12(15)13(16)7-10/h3-8H,2,9H2,1H3,(H2,17,18,19). The predicted molar refractivity (Wildman–Crippen MR) is 72.1 cm³/mol. The van der Waals surface area contributed by atoms with E-state index in [0.717, 1.165) is 24.1 Å². The molecule has 0 saturated heterocycles. The number of halogens is 2. The maximum Gasteiger partial charge on any atom is 0.159 e. The van der Waals surface area contributed by atoms with Gasteiger partial charge in [-0.15, -0.1) is 0 Å². The first kappa shape index (κ1) is 13.3. The van der Waals surface area contributed by atoms with E-state index in [9.17, 15) is 8.78 Å². The molecule has 2 rings (SSSR count). The molecule has 0 bridgehead atoms. The van der Waals surface area contributed by atoms with Crippen LogP contribution in [0.3, 0.4) is 0 Å². The van der Waals surface area contributed by atoms with Crippen molar-refractivity contribution in [3.63, 3.8) is 0 Å². The molecule has 0 fully saturated rings. The lowest BCUT2D eigenvalue weighted by Crippen LogP contribution is -2.03. The summed E-state index contributed by atoms with van der Waals surface area (Å²) >= 11 is 0. The van der Waals surface area contributed by atoms with Crippen molar-refractivity contribution in [3.05, 3.63) is 53.7 Å². The molecule has 100 valence electrons. The first-order chi connectivity index (χ1) is 9.19. The summed E-state index contributed by atoms with van der Waals surface area (Å²) < 4.78 is 25.8. The molecule has 0 aliphatic rings. The van der Waals surface area contributed by atoms with Gasteiger partial charge in [-0.25, -0.2) is 13.8 Å². The zero-order valence-corrected chi connectivity index (χ0v) is 10.6. The Bertz CT molecular complexity index is 558. The highest BCUT2D eigenvalue weighted by molar-refractivity contribution is 5.52. The van der Waals surface area contributed by atoms with Gasteiger partial charge in [0.15, 0.2) is 11.6 Å². The average Bonchev–Trinajstić information content (AvgIpc) is 2.41. The third-order valence-corrected chi connectivity index (χ3v) is 2.60. The van der Waals surface area contributed by atoms with Crippen molar-refractivity contribution < 1.29 is 8.78 Å². The smallest absolute Gasteiger partial charge is 0.159 e. The van der Waals surface area contributed by atoms with Gasteiger partial charge in [-0.2, -0.15) is 0 Å². The molecular formula is C14H15F2N3. The van der Waals surface area contributed by atoms with E-state index in [0.29, 0.717) is 12.1 Å². The highest BCUT2D eigenvalue weighted by atomic mass is 19.2. The van der Waals surface area contributed by atoms with Gasteiger partial charge in [0.2, 0.25) is 0 Å². The summed E-state index contributed by atoms with van der Waals surface area (Å²) in [6.07, 6.45) is 1.69. The van der Waals surface area contributed by atoms with Gasteiger partial charge in [-0.1, -0.05) is 6.07 Å². The first-order valence-corrected chi connectivity index (χ1v) is 6.06. The fourth-order valence-corrected chi connectivity index (χ4v) is 1.67. The van der Waals surface area contributed by atoms with Crippen molar-refractivity contribution in [1.82, 2.24) is 4.98 Å². The predicted octanol–water partition coefficient (Wildman–Crippen LogP) is 3.40. The molecule has 0 aliphatic carbocycles. The number of aromatic nitrogens is 1. The van der Waals surface area contributed by atoms with Gasteiger partial charge < -0.3 is 10.6 Å². The molecule has 0 unspecified atom stereocenters. The van der Waals surface area contributed by atoms with E-state index in [-0.39, 0.29) is 0 Å². The quantitative estimate of drug-likeness (QED) is 0.868. The molecule has 0 atom stereocenters. The first-order valence-electron chi connectivity index (χ1n) is 6.06. The number of nitrogens with zero attached hydrogens (tertiary/aromatic N) is 1. The molecule has 0 amide bonds. The SMILES string of the molecule is CCNc1cc(NCc2ccc(F)c(F)c2)ccn1. The molecule has 1 aromatic heterocycles. The van der Waals surface area contributed by atoms with Crippen molar-refractivity contribution in [2.45, 2.75) is 13.5 Å². The Labute approximate surface area is 110 Å². The zero-order chi connectivity index (χ0) is 13.7. The third-order valence-electron chi connectivity index (χ3n) is 2.60. The number of hydrogen-bond donors (Lipinski definition) is 2. The van der Waals surface area contributed by atoms with Gasteiger partial charge in [-0.3, -0.25) is 0 Å². The monoisotopic (exact) mass is 263 g/mol. The van der Waals surface area contributed by atoms with Crippen LogP contribution in [0, 0.1) is 11.6 Å². The molecule has 2 N–H and O–H groups in total. The van der Waals surface area contributed by atoms with E-state index in [2.05, 4.69) is 15.6 Å². The van der Waals surface area contributed by atoms with Crippen LogP contribution < -0.4 is 10.6 Å². The van der Waals surface area contributed by atoms with Gasteiger partial charge in [0.05, 0.1) is 0 Å². The molecule has 19 heavy (non-hydrogen) atoms. The molecule has 1 aromatic carbocycles. The second-order valence-electron chi connectivity index (χ2n) is 4.06. The Morgan fingerprint density at radius 1 is 1.05 bits per heavy atom. The second-order valence-corrected chi connectivity index (χ2v) is 4.06. The highest BCUT2D eigenvalue weighted by Gasteiger charge is 2.02.